The van der Waals surface area contributed by atoms with E-state index in [9.17, 15) is 0 Å². The standard InChI is InChI=1S/C14H22O4/c1-11(7-15)9-17-13-3-5-14(6-4-13)18-10-12(2)8-16/h3-6,11-12,15-16H,7-10H2,1-2H3. The summed E-state index contributed by atoms with van der Waals surface area (Å²) in [5.74, 6) is 1.79. The number of ether oxygens (including phenoxy) is 2. The van der Waals surface area contributed by atoms with Crippen molar-refractivity contribution in [3.63, 3.8) is 0 Å². The molecule has 0 aromatic heterocycles. The fourth-order valence-corrected chi connectivity index (χ4v) is 1.21. The van der Waals surface area contributed by atoms with Crippen LogP contribution in [0.15, 0.2) is 24.3 Å². The Morgan fingerprint density at radius 2 is 1.17 bits per heavy atom. The molecule has 2 N–H and O–H groups in total. The van der Waals surface area contributed by atoms with Crippen molar-refractivity contribution in [3.05, 3.63) is 24.3 Å². The molecular formula is C14H22O4. The molecule has 0 fully saturated rings. The molecule has 0 spiro atoms. The van der Waals surface area contributed by atoms with Gasteiger partial charge in [-0.2, -0.15) is 0 Å². The van der Waals surface area contributed by atoms with Gasteiger partial charge in [0.15, 0.2) is 0 Å². The van der Waals surface area contributed by atoms with Gasteiger partial charge in [-0.15, -0.1) is 0 Å². The summed E-state index contributed by atoms with van der Waals surface area (Å²) in [5, 5.41) is 17.8. The zero-order chi connectivity index (χ0) is 13.4. The van der Waals surface area contributed by atoms with Gasteiger partial charge in [0.05, 0.1) is 13.2 Å². The highest BCUT2D eigenvalue weighted by molar-refractivity contribution is 5.31. The monoisotopic (exact) mass is 254 g/mol. The lowest BCUT2D eigenvalue weighted by Crippen LogP contribution is -2.12. The Morgan fingerprint density at radius 1 is 0.833 bits per heavy atom. The number of hydrogen-bond donors (Lipinski definition) is 2. The molecule has 2 atom stereocenters. The molecule has 0 saturated carbocycles. The molecule has 0 radical (unpaired) electrons. The maximum Gasteiger partial charge on any atom is 0.119 e. The number of aliphatic hydroxyl groups excluding tert-OH is 2. The molecule has 4 heteroatoms. The lowest BCUT2D eigenvalue weighted by molar-refractivity contribution is 0.171. The second kappa shape index (κ2) is 7.95. The Labute approximate surface area is 108 Å². The van der Waals surface area contributed by atoms with E-state index in [0.29, 0.717) is 13.2 Å². The van der Waals surface area contributed by atoms with Crippen molar-refractivity contribution >= 4 is 0 Å². The summed E-state index contributed by atoms with van der Waals surface area (Å²) in [5.41, 5.74) is 0. The van der Waals surface area contributed by atoms with Gasteiger partial charge in [-0.05, 0) is 24.3 Å². The number of rotatable bonds is 8. The minimum atomic E-state index is 0.125. The highest BCUT2D eigenvalue weighted by Crippen LogP contribution is 2.18. The summed E-state index contributed by atoms with van der Waals surface area (Å²) in [6.07, 6.45) is 0. The van der Waals surface area contributed by atoms with E-state index < -0.39 is 0 Å². The highest BCUT2D eigenvalue weighted by atomic mass is 16.5. The fourth-order valence-electron chi connectivity index (χ4n) is 1.21. The molecule has 0 amide bonds. The van der Waals surface area contributed by atoms with Crippen molar-refractivity contribution in [2.75, 3.05) is 26.4 Å². The molecular weight excluding hydrogens is 232 g/mol. The largest absolute Gasteiger partial charge is 0.493 e. The van der Waals surface area contributed by atoms with E-state index in [2.05, 4.69) is 0 Å². The zero-order valence-electron chi connectivity index (χ0n) is 11.0. The lowest BCUT2D eigenvalue weighted by Gasteiger charge is -2.12. The smallest absolute Gasteiger partial charge is 0.119 e. The Hall–Kier alpha value is -1.26. The van der Waals surface area contributed by atoms with Crippen LogP contribution in [0.4, 0.5) is 0 Å². The molecule has 18 heavy (non-hydrogen) atoms. The van der Waals surface area contributed by atoms with Crippen LogP contribution in [0.1, 0.15) is 13.8 Å². The summed E-state index contributed by atoms with van der Waals surface area (Å²) in [6, 6.07) is 7.35. The van der Waals surface area contributed by atoms with E-state index in [4.69, 9.17) is 19.7 Å². The van der Waals surface area contributed by atoms with E-state index in [1.54, 1.807) is 0 Å². The SMILES string of the molecule is CC(CO)COc1ccc(OCC(C)CO)cc1. The van der Waals surface area contributed by atoms with Gasteiger partial charge in [-0.25, -0.2) is 0 Å². The van der Waals surface area contributed by atoms with Gasteiger partial charge in [0.2, 0.25) is 0 Å². The fraction of sp³-hybridized carbons (Fsp3) is 0.571. The average Bonchev–Trinajstić information content (AvgIpc) is 2.43. The van der Waals surface area contributed by atoms with Crippen LogP contribution in [-0.4, -0.2) is 36.6 Å². The maximum absolute atomic E-state index is 8.88. The normalized spacial score (nSPS) is 14.0. The van der Waals surface area contributed by atoms with Gasteiger partial charge < -0.3 is 19.7 Å². The van der Waals surface area contributed by atoms with E-state index in [-0.39, 0.29) is 25.0 Å². The molecule has 0 bridgehead atoms. The minimum Gasteiger partial charge on any atom is -0.493 e. The highest BCUT2D eigenvalue weighted by Gasteiger charge is 2.03. The third-order valence-corrected chi connectivity index (χ3v) is 2.52. The number of hydrogen-bond acceptors (Lipinski definition) is 4. The Bertz CT molecular complexity index is 290. The average molecular weight is 254 g/mol. The molecule has 0 aliphatic rings. The van der Waals surface area contributed by atoms with Gasteiger partial charge in [0.25, 0.3) is 0 Å². The van der Waals surface area contributed by atoms with E-state index in [1.807, 2.05) is 38.1 Å². The molecule has 4 nitrogen and oxygen atoms in total. The van der Waals surface area contributed by atoms with E-state index in [1.165, 1.54) is 0 Å². The first-order valence-corrected chi connectivity index (χ1v) is 6.23. The third-order valence-electron chi connectivity index (χ3n) is 2.52. The summed E-state index contributed by atoms with van der Waals surface area (Å²) < 4.78 is 11.0. The lowest BCUT2D eigenvalue weighted by atomic mass is 10.2. The first-order valence-electron chi connectivity index (χ1n) is 6.23. The Balaban J connectivity index is 2.37. The van der Waals surface area contributed by atoms with Crippen LogP contribution >= 0.6 is 0 Å². The molecule has 1 aromatic rings. The molecule has 1 rings (SSSR count). The third kappa shape index (κ3) is 5.38. The van der Waals surface area contributed by atoms with Crippen LogP contribution in [0.5, 0.6) is 11.5 Å². The molecule has 1 aromatic carbocycles. The summed E-state index contributed by atoms with van der Waals surface area (Å²) in [7, 11) is 0. The van der Waals surface area contributed by atoms with Crippen LogP contribution in [0.2, 0.25) is 0 Å². The van der Waals surface area contributed by atoms with Gasteiger partial charge in [-0.3, -0.25) is 0 Å². The molecule has 0 aliphatic heterocycles. The Morgan fingerprint density at radius 3 is 1.44 bits per heavy atom. The first kappa shape index (κ1) is 14.8. The predicted octanol–water partition coefficient (Wildman–Crippen LogP) is 1.70. The summed E-state index contributed by atoms with van der Waals surface area (Å²) in [6.45, 7) is 5.10. The quantitative estimate of drug-likeness (QED) is 0.741. The van der Waals surface area contributed by atoms with Crippen molar-refractivity contribution < 1.29 is 19.7 Å². The zero-order valence-corrected chi connectivity index (χ0v) is 11.0. The van der Waals surface area contributed by atoms with Crippen LogP contribution < -0.4 is 9.47 Å². The summed E-state index contributed by atoms with van der Waals surface area (Å²) >= 11 is 0. The topological polar surface area (TPSA) is 58.9 Å². The Kier molecular flexibility index (Phi) is 6.54. The predicted molar refractivity (Wildman–Crippen MR) is 69.9 cm³/mol. The van der Waals surface area contributed by atoms with Crippen molar-refractivity contribution in [1.82, 2.24) is 0 Å². The molecule has 2 unspecified atom stereocenters. The number of benzene rings is 1. The van der Waals surface area contributed by atoms with Gasteiger partial charge in [0, 0.05) is 25.0 Å². The maximum atomic E-state index is 8.88. The van der Waals surface area contributed by atoms with Crippen molar-refractivity contribution in [1.29, 1.82) is 0 Å². The molecule has 0 aliphatic carbocycles. The van der Waals surface area contributed by atoms with E-state index in [0.717, 1.165) is 11.5 Å². The minimum absolute atomic E-state index is 0.125. The van der Waals surface area contributed by atoms with Crippen LogP contribution in [0.3, 0.4) is 0 Å². The van der Waals surface area contributed by atoms with Crippen molar-refractivity contribution in [2.24, 2.45) is 11.8 Å². The molecule has 0 heterocycles. The number of aliphatic hydroxyl groups is 2. The van der Waals surface area contributed by atoms with Gasteiger partial charge >= 0.3 is 0 Å². The van der Waals surface area contributed by atoms with Crippen molar-refractivity contribution in [3.8, 4) is 11.5 Å². The van der Waals surface area contributed by atoms with Crippen molar-refractivity contribution in [2.45, 2.75) is 13.8 Å². The van der Waals surface area contributed by atoms with Crippen LogP contribution in [0, 0.1) is 11.8 Å². The van der Waals surface area contributed by atoms with E-state index >= 15 is 0 Å². The van der Waals surface area contributed by atoms with Gasteiger partial charge in [-0.1, -0.05) is 13.8 Å². The van der Waals surface area contributed by atoms with Gasteiger partial charge in [0.1, 0.15) is 11.5 Å². The first-order chi connectivity index (χ1) is 8.65. The van der Waals surface area contributed by atoms with Crippen LogP contribution in [-0.2, 0) is 0 Å². The summed E-state index contributed by atoms with van der Waals surface area (Å²) in [4.78, 5) is 0. The molecule has 0 saturated heterocycles. The van der Waals surface area contributed by atoms with Crippen LogP contribution in [0.25, 0.3) is 0 Å². The second-order valence-electron chi connectivity index (χ2n) is 4.67. The molecule has 102 valence electrons. The second-order valence-corrected chi connectivity index (χ2v) is 4.67.